The van der Waals surface area contributed by atoms with Gasteiger partial charge in [-0.05, 0) is 60.7 Å². The van der Waals surface area contributed by atoms with Crippen molar-refractivity contribution >= 4 is 132 Å². The van der Waals surface area contributed by atoms with E-state index in [9.17, 15) is 23.3 Å². The van der Waals surface area contributed by atoms with E-state index in [-0.39, 0.29) is 38.7 Å². The van der Waals surface area contributed by atoms with Gasteiger partial charge in [0.05, 0.1) is 10.9 Å². The molecule has 0 amide bonds. The predicted octanol–water partition coefficient (Wildman–Crippen LogP) is -2.00. The average Bonchev–Trinajstić information content (AvgIpc) is 3.14. The minimum atomic E-state index is -6.10. The molecule has 0 saturated heterocycles. The van der Waals surface area contributed by atoms with Crippen molar-refractivity contribution in [2.75, 3.05) is 6.61 Å². The minimum absolute atomic E-state index is 0.00833. The molecule has 0 aliphatic heterocycles. The predicted molar refractivity (Wildman–Crippen MR) is 218 cm³/mol. The maximum atomic E-state index is 11.6. The van der Waals surface area contributed by atoms with Crippen LogP contribution in [0.4, 0.5) is 16.9 Å². The summed E-state index contributed by atoms with van der Waals surface area (Å²) < 4.78 is 206. The molecule has 2 unspecified atom stereocenters. The van der Waals surface area contributed by atoms with Crippen molar-refractivity contribution in [3.8, 4) is 0 Å². The number of benzene rings is 5. The van der Waals surface area contributed by atoms with Gasteiger partial charge in [-0.1, -0.05) is 91.0 Å². The van der Waals surface area contributed by atoms with Crippen LogP contribution >= 0.6 is 0 Å². The summed E-state index contributed by atoms with van der Waals surface area (Å²) in [5, 5.41) is 0. The van der Waals surface area contributed by atoms with Crippen LogP contribution in [0.3, 0.4) is 0 Å². The van der Waals surface area contributed by atoms with Gasteiger partial charge in [-0.2, -0.15) is 0 Å². The second-order valence-corrected chi connectivity index (χ2v) is 32.5. The minimum Gasteiger partial charge on any atom is -0.0619 e. The molecular formula is C34H43F6IO18SSb6. The second kappa shape index (κ2) is 37.7. The molecule has 5 rings (SSSR count). The van der Waals surface area contributed by atoms with Crippen LogP contribution in [-0.2, 0) is 32.0 Å². The van der Waals surface area contributed by atoms with Crippen LogP contribution in [0, 0.1) is 7.14 Å². The van der Waals surface area contributed by atoms with E-state index in [2.05, 4.69) is 155 Å². The van der Waals surface area contributed by atoms with E-state index >= 15 is 0 Å². The van der Waals surface area contributed by atoms with Crippen LogP contribution in [0.25, 0.3) is 0 Å². The standard InChI is InChI=1S/C18H15S.C12H10I.C4H9O.6FH.9H2O.8O.6Sb/c1-4-10-16(11-5-1)19(17-12-6-2-7-13-17)18-14-8-3-9-15-18;1-3-7-11(8-4-1)13-12-9-5-2-6-10-12;1-2-3-4-5;;;;;;;;;;;;;;;;;;;;;;;;;;;;;/h1-15H;1-10H;2-4H2,1H3;6*1H;9*1H2;;;;;;;;;;;;;;/q2*+1;-1;;;;;;;;;;;;;;;;;;;;;;2*-1;2*+2;4*+3/p-15. The Balaban J connectivity index is -0.000000743. The van der Waals surface area contributed by atoms with Gasteiger partial charge < -0.3 is 0 Å². The van der Waals surface area contributed by atoms with E-state index in [0.717, 1.165) is 6.42 Å². The molecule has 5 aromatic carbocycles. The summed E-state index contributed by atoms with van der Waals surface area (Å²) >= 11 is -35.2. The molecule has 0 radical (unpaired) electrons. The molecule has 9 N–H and O–H groups in total. The Morgan fingerprint density at radius 3 is 0.833 bits per heavy atom. The third-order valence-electron chi connectivity index (χ3n) is 5.36. The van der Waals surface area contributed by atoms with Crippen LogP contribution in [-0.4, -0.2) is 158 Å². The van der Waals surface area contributed by atoms with Crippen LogP contribution in [0.15, 0.2) is 166 Å². The number of rotatable bonds is 9. The van der Waals surface area contributed by atoms with E-state index in [4.69, 9.17) is 48.9 Å². The van der Waals surface area contributed by atoms with E-state index in [1.165, 1.54) is 21.8 Å². The molecule has 0 spiro atoms. The molecular weight excluding hydrogens is 1700 g/mol. The molecule has 0 saturated carbocycles. The Hall–Kier alpha value is -0.0109. The van der Waals surface area contributed by atoms with Crippen molar-refractivity contribution in [3.05, 3.63) is 159 Å². The Labute approximate surface area is 422 Å². The first-order valence-corrected chi connectivity index (χ1v) is 45.8. The van der Waals surface area contributed by atoms with Gasteiger partial charge in [-0.15, -0.1) is 0 Å². The van der Waals surface area contributed by atoms with Crippen LogP contribution < -0.4 is 28.0 Å². The van der Waals surface area contributed by atoms with E-state index in [1.54, 1.807) is 0 Å². The van der Waals surface area contributed by atoms with Gasteiger partial charge in [0.1, 0.15) is 0 Å². The summed E-state index contributed by atoms with van der Waals surface area (Å²) in [6, 6.07) is 53.6. The van der Waals surface area contributed by atoms with Crippen molar-refractivity contribution in [3.63, 3.8) is 0 Å². The normalized spacial score (nSPS) is 12.5. The zero-order chi connectivity index (χ0) is 51.7. The maximum absolute atomic E-state index is 11.6. The van der Waals surface area contributed by atoms with Crippen LogP contribution in [0.1, 0.15) is 19.8 Å². The van der Waals surface area contributed by atoms with Crippen molar-refractivity contribution < 1.29 is 96.4 Å². The monoisotopic (exact) mass is 1740 g/mol. The first kappa shape index (κ1) is 70.2. The molecule has 0 aromatic heterocycles. The Bertz CT molecular complexity index is 1990. The molecule has 0 fully saturated rings. The maximum Gasteiger partial charge on any atom is 0.357 e. The van der Waals surface area contributed by atoms with Gasteiger partial charge in [0.15, 0.2) is 21.8 Å². The zero-order valence-corrected chi connectivity index (χ0v) is 51.8. The van der Waals surface area contributed by atoms with Crippen molar-refractivity contribution in [1.29, 1.82) is 0 Å². The molecule has 0 heterocycles. The van der Waals surface area contributed by atoms with Gasteiger partial charge in [0.2, 0.25) is 0 Å². The summed E-state index contributed by atoms with van der Waals surface area (Å²) in [5.74, 6) is 0. The first-order valence-electron chi connectivity index (χ1n) is 17.0. The average molecular weight is 1740 g/mol. The molecule has 0 aliphatic rings. The number of hydrogen-bond acceptors (Lipinski definition) is 9. The van der Waals surface area contributed by atoms with Gasteiger partial charge in [-0.3, -0.25) is 0 Å². The summed E-state index contributed by atoms with van der Waals surface area (Å²) in [7, 11) is -0.0146. The van der Waals surface area contributed by atoms with Crippen molar-refractivity contribution in [1.82, 2.24) is 0 Å². The molecule has 0 aliphatic carbocycles. The van der Waals surface area contributed by atoms with E-state index in [1.807, 2.05) is 6.92 Å². The fraction of sp³-hybridized carbons (Fsp3) is 0.118. The first-order chi connectivity index (χ1) is 30.0. The molecule has 372 valence electrons. The van der Waals surface area contributed by atoms with Gasteiger partial charge >= 0.3 is 244 Å². The number of halogens is 7. The largest absolute Gasteiger partial charge is 0.357 e. The van der Waals surface area contributed by atoms with Crippen molar-refractivity contribution in [2.45, 2.75) is 34.5 Å². The van der Waals surface area contributed by atoms with Gasteiger partial charge in [0, 0.05) is 0 Å². The molecule has 66 heavy (non-hydrogen) atoms. The smallest absolute Gasteiger partial charge is 0.0619 e. The van der Waals surface area contributed by atoms with Crippen LogP contribution in [0.5, 0.6) is 0 Å². The SMILES string of the molecule is CCCC[O][Sb](=[O])([O-])[F].[O]=[Sb]([O-])([OH])[F].[O]=[Sb]([OH])([OH])[F].[O]=[Sb]([OH])([OH])[F].[O]=[Sb]([OH])([OH])[F].[O]=[Sb]([OH])([OH])[F].c1ccc([I+]c2ccccc2)cc1.c1ccc([S+](c2ccccc2)c2ccccc2)cc1. The molecule has 18 nitrogen and oxygen atoms in total. The topological polar surface area (TPSA) is 340 Å². The van der Waals surface area contributed by atoms with Crippen LogP contribution in [0.2, 0.25) is 0 Å². The third kappa shape index (κ3) is 66.1. The Morgan fingerprint density at radius 2 is 0.652 bits per heavy atom. The Morgan fingerprint density at radius 1 is 0.455 bits per heavy atom. The second-order valence-electron chi connectivity index (χ2n) is 10.9. The Kier molecular flexibility index (Phi) is 40.1. The summed E-state index contributed by atoms with van der Waals surface area (Å²) in [6.45, 7) is 1.86. The van der Waals surface area contributed by atoms with Gasteiger partial charge in [0.25, 0.3) is 0 Å². The molecule has 5 aromatic rings. The zero-order valence-electron chi connectivity index (χ0n) is 33.5. The molecule has 32 heteroatoms. The molecule has 0 bridgehead atoms. The number of unbranched alkanes of at least 4 members (excludes halogenated alkanes) is 1. The summed E-state index contributed by atoms with van der Waals surface area (Å²) in [6.07, 6.45) is 1.39. The van der Waals surface area contributed by atoms with E-state index in [0.29, 0.717) is 6.42 Å². The number of hydrogen-bond donors (Lipinski definition) is 9. The quantitative estimate of drug-likeness (QED) is 0.0253. The fourth-order valence-electron chi connectivity index (χ4n) is 3.48. The third-order valence-corrected chi connectivity index (χ3v) is 11.7. The summed E-state index contributed by atoms with van der Waals surface area (Å²) in [5.41, 5.74) is 0. The fourth-order valence-corrected chi connectivity index (χ4v) is 8.84. The van der Waals surface area contributed by atoms with Crippen molar-refractivity contribution in [2.24, 2.45) is 0 Å². The molecule has 2 atom stereocenters. The van der Waals surface area contributed by atoms with Gasteiger partial charge in [-0.25, -0.2) is 0 Å². The summed E-state index contributed by atoms with van der Waals surface area (Å²) in [4.78, 5) is 4.08. The van der Waals surface area contributed by atoms with E-state index < -0.39 is 121 Å².